The minimum atomic E-state index is -0.619. The van der Waals surface area contributed by atoms with E-state index in [2.05, 4.69) is 5.32 Å². The summed E-state index contributed by atoms with van der Waals surface area (Å²) in [6.07, 6.45) is 0.899. The van der Waals surface area contributed by atoms with Gasteiger partial charge in [0.2, 0.25) is 5.91 Å². The van der Waals surface area contributed by atoms with Crippen molar-refractivity contribution in [3.05, 3.63) is 58.6 Å². The molecule has 1 saturated heterocycles. The summed E-state index contributed by atoms with van der Waals surface area (Å²) in [7, 11) is 0. The monoisotopic (exact) mass is 386 g/mol. The second kappa shape index (κ2) is 8.44. The summed E-state index contributed by atoms with van der Waals surface area (Å²) in [5.74, 6) is 0.615. The molecule has 0 bridgehead atoms. The van der Waals surface area contributed by atoms with Gasteiger partial charge in [-0.05, 0) is 61.7 Å². The molecule has 0 radical (unpaired) electrons. The second-order valence-corrected chi connectivity index (χ2v) is 7.14. The van der Waals surface area contributed by atoms with Crippen LogP contribution in [0.5, 0.6) is 5.75 Å². The van der Waals surface area contributed by atoms with Crippen molar-refractivity contribution in [2.45, 2.75) is 39.3 Å². The fourth-order valence-corrected chi connectivity index (χ4v) is 3.26. The van der Waals surface area contributed by atoms with Crippen LogP contribution in [-0.4, -0.2) is 24.5 Å². The molecule has 1 heterocycles. The van der Waals surface area contributed by atoms with Crippen LogP contribution in [0.2, 0.25) is 5.02 Å². The molecule has 0 aromatic heterocycles. The maximum absolute atomic E-state index is 12.3. The molecule has 6 heteroatoms. The standard InChI is InChI=1S/C21H23ClN2O3/c1-14-12-17(22)7-10-19(14)27-15(2)21(26)23-13-16-5-8-18(9-6-16)24-11-3-4-20(24)25/h5-10,12,15H,3-4,11,13H2,1-2H3,(H,23,26). The largest absolute Gasteiger partial charge is 0.481 e. The minimum absolute atomic E-state index is 0.166. The normalized spacial score (nSPS) is 14.9. The van der Waals surface area contributed by atoms with Crippen molar-refractivity contribution >= 4 is 29.1 Å². The summed E-state index contributed by atoms with van der Waals surface area (Å²) in [4.78, 5) is 25.9. The summed E-state index contributed by atoms with van der Waals surface area (Å²) in [5.41, 5.74) is 2.75. The number of halogens is 1. The Labute approximate surface area is 164 Å². The van der Waals surface area contributed by atoms with Crippen LogP contribution in [0.15, 0.2) is 42.5 Å². The molecule has 1 N–H and O–H groups in total. The zero-order chi connectivity index (χ0) is 19.4. The van der Waals surface area contributed by atoms with E-state index >= 15 is 0 Å². The van der Waals surface area contributed by atoms with Gasteiger partial charge in [0.1, 0.15) is 5.75 Å². The fourth-order valence-electron chi connectivity index (χ4n) is 3.04. The van der Waals surface area contributed by atoms with Crippen LogP contribution in [0, 0.1) is 6.92 Å². The fraction of sp³-hybridized carbons (Fsp3) is 0.333. The number of carbonyl (C=O) groups excluding carboxylic acids is 2. The Morgan fingerprint density at radius 3 is 2.63 bits per heavy atom. The predicted molar refractivity (Wildman–Crippen MR) is 106 cm³/mol. The summed E-state index contributed by atoms with van der Waals surface area (Å²) in [5, 5.41) is 3.51. The smallest absolute Gasteiger partial charge is 0.261 e. The molecule has 3 rings (SSSR count). The molecule has 2 aromatic carbocycles. The number of hydrogen-bond acceptors (Lipinski definition) is 3. The minimum Gasteiger partial charge on any atom is -0.481 e. The first-order valence-corrected chi connectivity index (χ1v) is 9.41. The number of anilines is 1. The second-order valence-electron chi connectivity index (χ2n) is 6.70. The topological polar surface area (TPSA) is 58.6 Å². The molecule has 1 aliphatic rings. The third kappa shape index (κ3) is 4.80. The lowest BCUT2D eigenvalue weighted by atomic mass is 10.2. The molecule has 1 fully saturated rings. The Kier molecular flexibility index (Phi) is 6.01. The number of nitrogens with zero attached hydrogens (tertiary/aromatic N) is 1. The molecule has 5 nitrogen and oxygen atoms in total. The van der Waals surface area contributed by atoms with Gasteiger partial charge in [-0.1, -0.05) is 23.7 Å². The average Bonchev–Trinajstić information content (AvgIpc) is 3.08. The van der Waals surface area contributed by atoms with Crippen molar-refractivity contribution in [1.82, 2.24) is 5.32 Å². The van der Waals surface area contributed by atoms with Crippen LogP contribution in [0.3, 0.4) is 0 Å². The van der Waals surface area contributed by atoms with E-state index in [0.29, 0.717) is 23.7 Å². The van der Waals surface area contributed by atoms with E-state index in [4.69, 9.17) is 16.3 Å². The third-order valence-electron chi connectivity index (χ3n) is 4.60. The molecule has 1 atom stereocenters. The highest BCUT2D eigenvalue weighted by atomic mass is 35.5. The van der Waals surface area contributed by atoms with Crippen LogP contribution in [0.4, 0.5) is 5.69 Å². The Morgan fingerprint density at radius 2 is 2.00 bits per heavy atom. The summed E-state index contributed by atoms with van der Waals surface area (Å²) < 4.78 is 5.73. The van der Waals surface area contributed by atoms with Crippen molar-refractivity contribution in [1.29, 1.82) is 0 Å². The number of ether oxygens (including phenoxy) is 1. The van der Waals surface area contributed by atoms with Crippen molar-refractivity contribution in [3.8, 4) is 5.75 Å². The Bertz CT molecular complexity index is 836. The van der Waals surface area contributed by atoms with Gasteiger partial charge >= 0.3 is 0 Å². The van der Waals surface area contributed by atoms with Gasteiger partial charge in [-0.15, -0.1) is 0 Å². The molecule has 27 heavy (non-hydrogen) atoms. The molecule has 142 valence electrons. The molecular formula is C21H23ClN2O3. The van der Waals surface area contributed by atoms with E-state index in [9.17, 15) is 9.59 Å². The number of nitrogens with one attached hydrogen (secondary N) is 1. The Hall–Kier alpha value is -2.53. The van der Waals surface area contributed by atoms with Crippen LogP contribution >= 0.6 is 11.6 Å². The Balaban J connectivity index is 1.53. The lowest BCUT2D eigenvalue weighted by Gasteiger charge is -2.17. The van der Waals surface area contributed by atoms with Crippen molar-refractivity contribution < 1.29 is 14.3 Å². The van der Waals surface area contributed by atoms with Crippen LogP contribution in [-0.2, 0) is 16.1 Å². The molecule has 2 aromatic rings. The van der Waals surface area contributed by atoms with E-state index in [0.717, 1.165) is 29.8 Å². The number of aryl methyl sites for hydroxylation is 1. The molecule has 1 aliphatic heterocycles. The molecule has 0 aliphatic carbocycles. The molecule has 1 unspecified atom stereocenters. The van der Waals surface area contributed by atoms with E-state index in [1.54, 1.807) is 30.0 Å². The van der Waals surface area contributed by atoms with Gasteiger partial charge in [0.25, 0.3) is 5.91 Å². The van der Waals surface area contributed by atoms with Crippen LogP contribution in [0.1, 0.15) is 30.9 Å². The first kappa shape index (κ1) is 19.2. The summed E-state index contributed by atoms with van der Waals surface area (Å²) in [6, 6.07) is 13.0. The van der Waals surface area contributed by atoms with Gasteiger partial charge in [-0.3, -0.25) is 9.59 Å². The summed E-state index contributed by atoms with van der Waals surface area (Å²) >= 11 is 5.94. The number of hydrogen-bond donors (Lipinski definition) is 1. The predicted octanol–water partition coefficient (Wildman–Crippen LogP) is 3.86. The third-order valence-corrected chi connectivity index (χ3v) is 4.83. The van der Waals surface area contributed by atoms with Crippen LogP contribution < -0.4 is 15.0 Å². The number of rotatable bonds is 6. The van der Waals surface area contributed by atoms with Gasteiger partial charge in [0.15, 0.2) is 6.10 Å². The first-order chi connectivity index (χ1) is 12.9. The maximum Gasteiger partial charge on any atom is 0.261 e. The quantitative estimate of drug-likeness (QED) is 0.820. The highest BCUT2D eigenvalue weighted by Crippen LogP contribution is 2.23. The molecule has 0 saturated carbocycles. The van der Waals surface area contributed by atoms with Crippen LogP contribution in [0.25, 0.3) is 0 Å². The number of benzene rings is 2. The van der Waals surface area contributed by atoms with Crippen molar-refractivity contribution in [2.24, 2.45) is 0 Å². The van der Waals surface area contributed by atoms with E-state index in [1.165, 1.54) is 0 Å². The molecule has 0 spiro atoms. The average molecular weight is 387 g/mol. The lowest BCUT2D eigenvalue weighted by molar-refractivity contribution is -0.127. The van der Waals surface area contributed by atoms with E-state index in [-0.39, 0.29) is 11.8 Å². The van der Waals surface area contributed by atoms with E-state index in [1.807, 2.05) is 31.2 Å². The van der Waals surface area contributed by atoms with Gasteiger partial charge in [-0.2, -0.15) is 0 Å². The van der Waals surface area contributed by atoms with Gasteiger partial charge in [0.05, 0.1) is 0 Å². The Morgan fingerprint density at radius 1 is 1.26 bits per heavy atom. The lowest BCUT2D eigenvalue weighted by Crippen LogP contribution is -2.36. The van der Waals surface area contributed by atoms with Gasteiger partial charge in [-0.25, -0.2) is 0 Å². The van der Waals surface area contributed by atoms with Crippen molar-refractivity contribution in [3.63, 3.8) is 0 Å². The number of carbonyl (C=O) groups is 2. The number of amides is 2. The SMILES string of the molecule is Cc1cc(Cl)ccc1OC(C)C(=O)NCc1ccc(N2CCCC2=O)cc1. The first-order valence-electron chi connectivity index (χ1n) is 9.04. The summed E-state index contributed by atoms with van der Waals surface area (Å²) in [6.45, 7) is 4.78. The van der Waals surface area contributed by atoms with Gasteiger partial charge < -0.3 is 15.0 Å². The van der Waals surface area contributed by atoms with Gasteiger partial charge in [0, 0.05) is 30.2 Å². The maximum atomic E-state index is 12.3. The van der Waals surface area contributed by atoms with Crippen molar-refractivity contribution in [2.75, 3.05) is 11.4 Å². The highest BCUT2D eigenvalue weighted by molar-refractivity contribution is 6.30. The zero-order valence-corrected chi connectivity index (χ0v) is 16.3. The zero-order valence-electron chi connectivity index (χ0n) is 15.5. The van der Waals surface area contributed by atoms with E-state index < -0.39 is 6.10 Å². The molecule has 2 amide bonds. The highest BCUT2D eigenvalue weighted by Gasteiger charge is 2.21. The molecular weight excluding hydrogens is 364 g/mol.